The summed E-state index contributed by atoms with van der Waals surface area (Å²) in [5.74, 6) is 2.48. The summed E-state index contributed by atoms with van der Waals surface area (Å²) in [5, 5.41) is 4.87. The maximum Gasteiger partial charge on any atom is 0.0934 e. The highest BCUT2D eigenvalue weighted by Gasteiger charge is 2.31. The Kier molecular flexibility index (Phi) is 5.02. The molecular formula is C16H28N2S. The second-order valence-corrected chi connectivity index (χ2v) is 7.71. The van der Waals surface area contributed by atoms with E-state index in [2.05, 4.69) is 40.1 Å². The average molecular weight is 280 g/mol. The fourth-order valence-corrected chi connectivity index (χ4v) is 4.39. The van der Waals surface area contributed by atoms with E-state index in [0.29, 0.717) is 6.04 Å². The van der Waals surface area contributed by atoms with E-state index in [1.807, 2.05) is 11.3 Å². The van der Waals surface area contributed by atoms with Crippen LogP contribution in [0.2, 0.25) is 0 Å². The van der Waals surface area contributed by atoms with Gasteiger partial charge in [0.15, 0.2) is 0 Å². The molecule has 0 aromatic carbocycles. The molecular weight excluding hydrogens is 252 g/mol. The number of nitrogens with one attached hydrogen (secondary N) is 1. The van der Waals surface area contributed by atoms with Crippen LogP contribution < -0.4 is 5.32 Å². The molecule has 3 heteroatoms. The zero-order valence-electron chi connectivity index (χ0n) is 13.0. The van der Waals surface area contributed by atoms with Gasteiger partial charge in [-0.2, -0.15) is 0 Å². The molecule has 0 saturated heterocycles. The molecule has 0 radical (unpaired) electrons. The van der Waals surface area contributed by atoms with Gasteiger partial charge in [-0.05, 0) is 57.9 Å². The molecule has 1 N–H and O–H groups in total. The molecule has 1 heterocycles. The Labute approximate surface area is 122 Å². The van der Waals surface area contributed by atoms with Crippen molar-refractivity contribution in [3.05, 3.63) is 15.6 Å². The summed E-state index contributed by atoms with van der Waals surface area (Å²) in [6.07, 6.45) is 5.23. The van der Waals surface area contributed by atoms with Gasteiger partial charge in [0.05, 0.1) is 10.7 Å². The highest BCUT2D eigenvalue weighted by Crippen LogP contribution is 2.36. The summed E-state index contributed by atoms with van der Waals surface area (Å²) in [7, 11) is 2.12. The quantitative estimate of drug-likeness (QED) is 0.903. The second-order valence-electron chi connectivity index (χ2n) is 6.43. The normalized spacial score (nSPS) is 28.0. The molecule has 1 saturated carbocycles. The predicted octanol–water partition coefficient (Wildman–Crippen LogP) is 3.96. The van der Waals surface area contributed by atoms with Gasteiger partial charge in [0.25, 0.3) is 0 Å². The van der Waals surface area contributed by atoms with Gasteiger partial charge in [-0.3, -0.25) is 0 Å². The Morgan fingerprint density at radius 2 is 2.05 bits per heavy atom. The Balaban J connectivity index is 2.05. The van der Waals surface area contributed by atoms with Crippen LogP contribution in [0.25, 0.3) is 0 Å². The third-order valence-corrected chi connectivity index (χ3v) is 5.94. The van der Waals surface area contributed by atoms with Crippen LogP contribution in [0.4, 0.5) is 0 Å². The summed E-state index contributed by atoms with van der Waals surface area (Å²) in [5.41, 5.74) is 1.22. The first kappa shape index (κ1) is 15.0. The Bertz CT molecular complexity index is 391. The van der Waals surface area contributed by atoms with Crippen LogP contribution in [0.1, 0.15) is 48.7 Å². The van der Waals surface area contributed by atoms with E-state index >= 15 is 0 Å². The largest absolute Gasteiger partial charge is 0.317 e. The predicted molar refractivity (Wildman–Crippen MR) is 83.8 cm³/mol. The van der Waals surface area contributed by atoms with Gasteiger partial charge in [0, 0.05) is 17.3 Å². The van der Waals surface area contributed by atoms with Crippen LogP contribution in [-0.4, -0.2) is 18.1 Å². The van der Waals surface area contributed by atoms with Gasteiger partial charge in [-0.15, -0.1) is 11.3 Å². The van der Waals surface area contributed by atoms with Crippen LogP contribution in [0.15, 0.2) is 0 Å². The lowest BCUT2D eigenvalue weighted by Gasteiger charge is -2.37. The molecule has 0 aliphatic heterocycles. The molecule has 0 spiro atoms. The fourth-order valence-electron chi connectivity index (χ4n) is 3.36. The summed E-state index contributed by atoms with van der Waals surface area (Å²) >= 11 is 1.89. The van der Waals surface area contributed by atoms with Gasteiger partial charge in [0.2, 0.25) is 0 Å². The van der Waals surface area contributed by atoms with E-state index in [0.717, 1.165) is 24.2 Å². The SMILES string of the molecule is CNC1CCC(C(C)C)CC1Cc1nc(C)c(C)s1. The number of hydrogen-bond donors (Lipinski definition) is 1. The van der Waals surface area contributed by atoms with E-state index in [-0.39, 0.29) is 0 Å². The van der Waals surface area contributed by atoms with Gasteiger partial charge in [-0.25, -0.2) is 4.98 Å². The van der Waals surface area contributed by atoms with E-state index in [9.17, 15) is 0 Å². The smallest absolute Gasteiger partial charge is 0.0934 e. The van der Waals surface area contributed by atoms with Gasteiger partial charge in [0.1, 0.15) is 0 Å². The number of rotatable bonds is 4. The zero-order chi connectivity index (χ0) is 14.0. The lowest BCUT2D eigenvalue weighted by atomic mass is 9.72. The van der Waals surface area contributed by atoms with Crippen LogP contribution in [-0.2, 0) is 6.42 Å². The molecule has 108 valence electrons. The molecule has 0 amide bonds. The number of aryl methyl sites for hydroxylation is 2. The van der Waals surface area contributed by atoms with E-state index in [4.69, 9.17) is 4.98 Å². The van der Waals surface area contributed by atoms with Crippen LogP contribution in [0, 0.1) is 31.6 Å². The van der Waals surface area contributed by atoms with E-state index in [1.165, 1.54) is 34.8 Å². The fraction of sp³-hybridized carbons (Fsp3) is 0.812. The monoisotopic (exact) mass is 280 g/mol. The van der Waals surface area contributed by atoms with E-state index < -0.39 is 0 Å². The molecule has 19 heavy (non-hydrogen) atoms. The number of aromatic nitrogens is 1. The van der Waals surface area contributed by atoms with Gasteiger partial charge < -0.3 is 5.32 Å². The third kappa shape index (κ3) is 3.57. The van der Waals surface area contributed by atoms with Crippen LogP contribution in [0.5, 0.6) is 0 Å². The topological polar surface area (TPSA) is 24.9 Å². The first-order chi connectivity index (χ1) is 9.01. The summed E-state index contributed by atoms with van der Waals surface area (Å²) in [4.78, 5) is 6.12. The maximum absolute atomic E-state index is 4.73. The minimum Gasteiger partial charge on any atom is -0.317 e. The maximum atomic E-state index is 4.73. The highest BCUT2D eigenvalue weighted by atomic mass is 32.1. The first-order valence-corrected chi connectivity index (χ1v) is 8.43. The lowest BCUT2D eigenvalue weighted by molar-refractivity contribution is 0.172. The van der Waals surface area contributed by atoms with Gasteiger partial charge >= 0.3 is 0 Å². The van der Waals surface area contributed by atoms with Crippen molar-refractivity contribution >= 4 is 11.3 Å². The average Bonchev–Trinajstić information content (AvgIpc) is 2.68. The van der Waals surface area contributed by atoms with E-state index in [1.54, 1.807) is 0 Å². The molecule has 3 atom stereocenters. The molecule has 2 nitrogen and oxygen atoms in total. The molecule has 0 bridgehead atoms. The van der Waals surface area contributed by atoms with Crippen molar-refractivity contribution in [1.82, 2.24) is 10.3 Å². The molecule has 1 aliphatic carbocycles. The third-order valence-electron chi connectivity index (χ3n) is 4.85. The Hall–Kier alpha value is -0.410. The minimum atomic E-state index is 0.680. The van der Waals surface area contributed by atoms with Crippen molar-refractivity contribution < 1.29 is 0 Å². The molecule has 1 fully saturated rings. The highest BCUT2D eigenvalue weighted by molar-refractivity contribution is 7.11. The molecule has 3 unspecified atom stereocenters. The van der Waals surface area contributed by atoms with Crippen LogP contribution >= 0.6 is 11.3 Å². The van der Waals surface area contributed by atoms with Crippen molar-refractivity contribution in [2.45, 2.75) is 59.4 Å². The lowest BCUT2D eigenvalue weighted by Crippen LogP contribution is -2.40. The second kappa shape index (κ2) is 6.36. The number of hydrogen-bond acceptors (Lipinski definition) is 3. The summed E-state index contributed by atoms with van der Waals surface area (Å²) < 4.78 is 0. The summed E-state index contributed by atoms with van der Waals surface area (Å²) in [6, 6.07) is 0.680. The zero-order valence-corrected chi connectivity index (χ0v) is 13.8. The number of nitrogens with zero attached hydrogens (tertiary/aromatic N) is 1. The van der Waals surface area contributed by atoms with Crippen molar-refractivity contribution in [1.29, 1.82) is 0 Å². The van der Waals surface area contributed by atoms with Gasteiger partial charge in [-0.1, -0.05) is 13.8 Å². The molecule has 1 aliphatic rings. The van der Waals surface area contributed by atoms with Crippen molar-refractivity contribution in [2.75, 3.05) is 7.05 Å². The van der Waals surface area contributed by atoms with Crippen molar-refractivity contribution in [3.8, 4) is 0 Å². The first-order valence-electron chi connectivity index (χ1n) is 7.61. The summed E-state index contributed by atoms with van der Waals surface area (Å²) in [6.45, 7) is 9.06. The standard InChI is InChI=1S/C16H28N2S/c1-10(2)13-6-7-15(17-5)14(8-13)9-16-18-11(3)12(4)19-16/h10,13-15,17H,6-9H2,1-5H3. The molecule has 2 rings (SSSR count). The van der Waals surface area contributed by atoms with Crippen molar-refractivity contribution in [2.24, 2.45) is 17.8 Å². The number of thiazole rings is 1. The van der Waals surface area contributed by atoms with Crippen LogP contribution in [0.3, 0.4) is 0 Å². The molecule has 1 aromatic rings. The minimum absolute atomic E-state index is 0.680. The Morgan fingerprint density at radius 1 is 1.32 bits per heavy atom. The Morgan fingerprint density at radius 3 is 2.58 bits per heavy atom. The van der Waals surface area contributed by atoms with Crippen molar-refractivity contribution in [3.63, 3.8) is 0 Å². The molecule has 1 aromatic heterocycles.